The predicted molar refractivity (Wildman–Crippen MR) is 103 cm³/mol. The minimum absolute atomic E-state index is 0.585. The van der Waals surface area contributed by atoms with Gasteiger partial charge in [-0.1, -0.05) is 35.9 Å². The van der Waals surface area contributed by atoms with E-state index in [4.69, 9.17) is 21.1 Å². The van der Waals surface area contributed by atoms with Crippen LogP contribution in [0.25, 0.3) is 0 Å². The predicted octanol–water partition coefficient (Wildman–Crippen LogP) is 2.87. The normalized spacial score (nSPS) is 28.1. The van der Waals surface area contributed by atoms with Gasteiger partial charge in [0.1, 0.15) is 30.2 Å². The van der Waals surface area contributed by atoms with E-state index in [1.54, 1.807) is 19.1 Å². The van der Waals surface area contributed by atoms with Crippen molar-refractivity contribution in [1.29, 1.82) is 0 Å². The monoisotopic (exact) mass is 392 g/mol. The van der Waals surface area contributed by atoms with Gasteiger partial charge in [0.2, 0.25) is 0 Å². The van der Waals surface area contributed by atoms with E-state index in [1.165, 1.54) is 0 Å². The number of aliphatic hydroxyl groups excluding tert-OH is 3. The van der Waals surface area contributed by atoms with Crippen LogP contribution in [0.3, 0.4) is 0 Å². The van der Waals surface area contributed by atoms with Crippen molar-refractivity contribution in [2.75, 3.05) is 6.61 Å². The maximum atomic E-state index is 10.3. The Morgan fingerprint density at radius 2 is 1.70 bits per heavy atom. The Morgan fingerprint density at radius 3 is 2.37 bits per heavy atom. The van der Waals surface area contributed by atoms with Crippen LogP contribution in [-0.2, 0) is 11.2 Å². The van der Waals surface area contributed by atoms with Gasteiger partial charge in [0.15, 0.2) is 0 Å². The number of benzene rings is 2. The summed E-state index contributed by atoms with van der Waals surface area (Å²) in [5, 5.41) is 30.9. The lowest BCUT2D eigenvalue weighted by atomic mass is 9.90. The van der Waals surface area contributed by atoms with Gasteiger partial charge < -0.3 is 24.8 Å². The van der Waals surface area contributed by atoms with Crippen LogP contribution in [0.1, 0.15) is 36.6 Å². The smallest absolute Gasteiger partial charge is 0.119 e. The van der Waals surface area contributed by atoms with E-state index < -0.39 is 30.5 Å². The number of hydrogen-bond donors (Lipinski definition) is 3. The van der Waals surface area contributed by atoms with Gasteiger partial charge in [-0.15, -0.1) is 0 Å². The highest BCUT2D eigenvalue weighted by Gasteiger charge is 2.42. The third-order valence-electron chi connectivity index (χ3n) is 4.88. The summed E-state index contributed by atoms with van der Waals surface area (Å²) in [7, 11) is 0. The molecular weight excluding hydrogens is 368 g/mol. The summed E-state index contributed by atoms with van der Waals surface area (Å²) in [6, 6.07) is 13.2. The molecule has 146 valence electrons. The van der Waals surface area contributed by atoms with Gasteiger partial charge in [-0.3, -0.25) is 0 Å². The fraction of sp³-hybridized carbons (Fsp3) is 0.429. The SMILES string of the molecule is CCOc1ccc(Cc2cc([C@@H]3O[C@@H](C)[C@@H](O)[C@H](O)[C@H]3O)ccc2Cl)cc1. The Kier molecular flexibility index (Phi) is 6.40. The molecule has 0 bridgehead atoms. The van der Waals surface area contributed by atoms with E-state index in [1.807, 2.05) is 37.3 Å². The summed E-state index contributed by atoms with van der Waals surface area (Å²) in [5.74, 6) is 0.821. The fourth-order valence-electron chi connectivity index (χ4n) is 3.32. The second-order valence-electron chi connectivity index (χ2n) is 6.84. The molecule has 5 atom stereocenters. The van der Waals surface area contributed by atoms with Gasteiger partial charge in [0.05, 0.1) is 12.7 Å². The molecule has 6 heteroatoms. The number of aliphatic hydroxyl groups is 3. The van der Waals surface area contributed by atoms with Crippen LogP contribution in [0.2, 0.25) is 5.02 Å². The van der Waals surface area contributed by atoms with Gasteiger partial charge in [-0.2, -0.15) is 0 Å². The minimum Gasteiger partial charge on any atom is -0.494 e. The maximum absolute atomic E-state index is 10.3. The first-order valence-corrected chi connectivity index (χ1v) is 9.48. The van der Waals surface area contributed by atoms with Gasteiger partial charge in [-0.05, 0) is 55.2 Å². The Morgan fingerprint density at radius 1 is 1.00 bits per heavy atom. The number of rotatable bonds is 5. The van der Waals surface area contributed by atoms with Crippen LogP contribution in [0, 0.1) is 0 Å². The summed E-state index contributed by atoms with van der Waals surface area (Å²) in [6.07, 6.45) is -4.29. The molecule has 3 rings (SSSR count). The Bertz CT molecular complexity index is 764. The fourth-order valence-corrected chi connectivity index (χ4v) is 3.51. The van der Waals surface area contributed by atoms with Gasteiger partial charge in [0, 0.05) is 5.02 Å². The summed E-state index contributed by atoms with van der Waals surface area (Å²) < 4.78 is 11.2. The van der Waals surface area contributed by atoms with E-state index in [9.17, 15) is 15.3 Å². The van der Waals surface area contributed by atoms with Gasteiger partial charge in [-0.25, -0.2) is 0 Å². The maximum Gasteiger partial charge on any atom is 0.119 e. The van der Waals surface area contributed by atoms with E-state index in [2.05, 4.69) is 0 Å². The first-order valence-electron chi connectivity index (χ1n) is 9.10. The molecular formula is C21H25ClO5. The van der Waals surface area contributed by atoms with Crippen molar-refractivity contribution in [3.63, 3.8) is 0 Å². The molecule has 1 aliphatic rings. The highest BCUT2D eigenvalue weighted by atomic mass is 35.5. The van der Waals surface area contributed by atoms with Crippen LogP contribution in [-0.4, -0.2) is 46.3 Å². The second-order valence-corrected chi connectivity index (χ2v) is 7.25. The first kappa shape index (κ1) is 20.1. The van der Waals surface area contributed by atoms with Crippen molar-refractivity contribution in [3.8, 4) is 5.75 Å². The van der Waals surface area contributed by atoms with Crippen molar-refractivity contribution in [1.82, 2.24) is 0 Å². The van der Waals surface area contributed by atoms with Crippen LogP contribution in [0.4, 0.5) is 0 Å². The average Bonchev–Trinajstić information content (AvgIpc) is 2.66. The molecule has 5 nitrogen and oxygen atoms in total. The molecule has 0 aromatic heterocycles. The molecule has 2 aromatic carbocycles. The topological polar surface area (TPSA) is 79.2 Å². The second kappa shape index (κ2) is 8.59. The number of ether oxygens (including phenoxy) is 2. The minimum atomic E-state index is -1.26. The van der Waals surface area contributed by atoms with Crippen LogP contribution in [0.15, 0.2) is 42.5 Å². The summed E-state index contributed by atoms with van der Waals surface area (Å²) in [5.41, 5.74) is 2.68. The van der Waals surface area contributed by atoms with Crippen LogP contribution < -0.4 is 4.74 Å². The van der Waals surface area contributed by atoms with Gasteiger partial charge in [0.25, 0.3) is 0 Å². The number of halogens is 1. The molecule has 0 aliphatic carbocycles. The Balaban J connectivity index is 1.82. The lowest BCUT2D eigenvalue weighted by molar-refractivity contribution is -0.219. The molecule has 1 heterocycles. The molecule has 2 aromatic rings. The molecule has 1 fully saturated rings. The quantitative estimate of drug-likeness (QED) is 0.729. The van der Waals surface area contributed by atoms with Crippen LogP contribution >= 0.6 is 11.6 Å². The van der Waals surface area contributed by atoms with E-state index >= 15 is 0 Å². The highest BCUT2D eigenvalue weighted by molar-refractivity contribution is 6.31. The zero-order valence-corrected chi connectivity index (χ0v) is 16.1. The summed E-state index contributed by atoms with van der Waals surface area (Å²) >= 11 is 6.37. The zero-order chi connectivity index (χ0) is 19.6. The molecule has 0 saturated carbocycles. The third-order valence-corrected chi connectivity index (χ3v) is 5.25. The molecule has 1 saturated heterocycles. The molecule has 27 heavy (non-hydrogen) atoms. The lowest BCUT2D eigenvalue weighted by Crippen LogP contribution is -2.53. The van der Waals surface area contributed by atoms with E-state index in [0.29, 0.717) is 23.6 Å². The van der Waals surface area contributed by atoms with Crippen molar-refractivity contribution in [3.05, 3.63) is 64.2 Å². The average molecular weight is 393 g/mol. The molecule has 0 spiro atoms. The largest absolute Gasteiger partial charge is 0.494 e. The molecule has 0 unspecified atom stereocenters. The zero-order valence-electron chi connectivity index (χ0n) is 15.4. The van der Waals surface area contributed by atoms with E-state index in [0.717, 1.165) is 16.9 Å². The molecule has 3 N–H and O–H groups in total. The van der Waals surface area contributed by atoms with Gasteiger partial charge >= 0.3 is 0 Å². The van der Waals surface area contributed by atoms with Crippen molar-refractivity contribution < 1.29 is 24.8 Å². The lowest BCUT2D eigenvalue weighted by Gasteiger charge is -2.39. The Hall–Kier alpha value is -1.63. The molecule has 1 aliphatic heterocycles. The number of hydrogen-bond acceptors (Lipinski definition) is 5. The van der Waals surface area contributed by atoms with Crippen molar-refractivity contribution in [2.45, 2.75) is 50.8 Å². The molecule has 0 radical (unpaired) electrons. The standard InChI is InChI=1S/C21H25ClO5/c1-3-26-16-7-4-13(5-8-16)10-15-11-14(6-9-17(15)22)21-20(25)19(24)18(23)12(2)27-21/h4-9,11-12,18-21,23-25H,3,10H2,1-2H3/t12-,18+,19-,20+,21-/m0/s1. The third kappa shape index (κ3) is 4.45. The van der Waals surface area contributed by atoms with Crippen molar-refractivity contribution in [2.24, 2.45) is 0 Å². The first-order chi connectivity index (χ1) is 12.9. The summed E-state index contributed by atoms with van der Waals surface area (Å²) in [4.78, 5) is 0. The highest BCUT2D eigenvalue weighted by Crippen LogP contribution is 2.34. The van der Waals surface area contributed by atoms with Crippen LogP contribution in [0.5, 0.6) is 5.75 Å². The van der Waals surface area contributed by atoms with E-state index in [-0.39, 0.29) is 0 Å². The summed E-state index contributed by atoms with van der Waals surface area (Å²) in [6.45, 7) is 4.23. The Labute approximate surface area is 164 Å². The van der Waals surface area contributed by atoms with Crippen molar-refractivity contribution >= 4 is 11.6 Å². The molecule has 0 amide bonds.